The van der Waals surface area contributed by atoms with Gasteiger partial charge in [0.1, 0.15) is 11.1 Å². The molecule has 2 aromatic carbocycles. The molecular weight excluding hydrogens is 380 g/mol. The van der Waals surface area contributed by atoms with Crippen molar-refractivity contribution in [2.75, 3.05) is 38.0 Å². The van der Waals surface area contributed by atoms with Crippen LogP contribution in [0.3, 0.4) is 0 Å². The smallest absolute Gasteiger partial charge is 0.377 e. The van der Waals surface area contributed by atoms with E-state index in [-0.39, 0.29) is 0 Å². The van der Waals surface area contributed by atoms with Gasteiger partial charge in [0.2, 0.25) is 0 Å². The summed E-state index contributed by atoms with van der Waals surface area (Å²) in [4.78, 5) is 4.24. The monoisotopic (exact) mass is 410 g/mol. The summed E-state index contributed by atoms with van der Waals surface area (Å²) in [5.74, 6) is 0. The summed E-state index contributed by atoms with van der Waals surface area (Å²) in [7, 11) is 8.26. The number of benzene rings is 2. The van der Waals surface area contributed by atoms with Gasteiger partial charge >= 0.3 is 5.66 Å². The Labute approximate surface area is 185 Å². The van der Waals surface area contributed by atoms with Crippen LogP contribution in [0.2, 0.25) is 0 Å². The average Bonchev–Trinajstić information content (AvgIpc) is 2.82. The van der Waals surface area contributed by atoms with Crippen LogP contribution in [-0.4, -0.2) is 28.2 Å². The summed E-state index contributed by atoms with van der Waals surface area (Å²) in [5.41, 5.74) is 4.13. The van der Waals surface area contributed by atoms with Crippen molar-refractivity contribution in [1.82, 2.24) is 0 Å². The quantitative estimate of drug-likeness (QED) is 0.450. The molecule has 0 aliphatic rings. The second-order valence-electron chi connectivity index (χ2n) is 8.12. The lowest BCUT2D eigenvalue weighted by molar-refractivity contribution is -0.972. The normalized spacial score (nSPS) is 11.2. The van der Waals surface area contributed by atoms with Crippen molar-refractivity contribution in [3.8, 4) is 0 Å². The van der Waals surface area contributed by atoms with Crippen molar-refractivity contribution < 1.29 is 9.13 Å². The van der Waals surface area contributed by atoms with Crippen molar-refractivity contribution in [3.05, 3.63) is 121 Å². The number of aromatic nitrogens is 2. The molecule has 4 nitrogen and oxygen atoms in total. The van der Waals surface area contributed by atoms with Crippen molar-refractivity contribution in [1.29, 1.82) is 0 Å². The SMILES string of the molecule is CN(C)c1cc[n+](C(c2ccccc2)(c2ccccc2)[n+]2ccc(N(C)C)cc2)cc1. The number of hydrogen-bond donors (Lipinski definition) is 0. The Morgan fingerprint density at radius 1 is 0.484 bits per heavy atom. The van der Waals surface area contributed by atoms with Crippen LogP contribution in [0.5, 0.6) is 0 Å². The van der Waals surface area contributed by atoms with Gasteiger partial charge in [-0.15, -0.1) is 9.13 Å². The van der Waals surface area contributed by atoms with E-state index in [1.807, 2.05) is 0 Å². The molecule has 0 atom stereocenters. The minimum atomic E-state index is -0.571. The molecule has 0 aliphatic heterocycles. The number of nitrogens with zero attached hydrogens (tertiary/aromatic N) is 4. The summed E-state index contributed by atoms with van der Waals surface area (Å²) in [6.45, 7) is 0. The van der Waals surface area contributed by atoms with Gasteiger partial charge in [-0.3, -0.25) is 0 Å². The fraction of sp³-hybridized carbons (Fsp3) is 0.185. The zero-order valence-electron chi connectivity index (χ0n) is 18.7. The highest BCUT2D eigenvalue weighted by molar-refractivity contribution is 5.43. The summed E-state index contributed by atoms with van der Waals surface area (Å²) < 4.78 is 4.58. The van der Waals surface area contributed by atoms with Gasteiger partial charge in [0.25, 0.3) is 0 Å². The maximum absolute atomic E-state index is 2.29. The number of pyridine rings is 2. The van der Waals surface area contributed by atoms with Crippen LogP contribution in [0, 0.1) is 0 Å². The second-order valence-corrected chi connectivity index (χ2v) is 8.12. The van der Waals surface area contributed by atoms with Crippen LogP contribution in [0.15, 0.2) is 110 Å². The van der Waals surface area contributed by atoms with E-state index < -0.39 is 5.66 Å². The van der Waals surface area contributed by atoms with Crippen molar-refractivity contribution in [2.45, 2.75) is 5.66 Å². The molecule has 0 saturated heterocycles. The third-order valence-electron chi connectivity index (χ3n) is 5.76. The van der Waals surface area contributed by atoms with Crippen LogP contribution >= 0.6 is 0 Å². The molecule has 156 valence electrons. The zero-order valence-corrected chi connectivity index (χ0v) is 18.7. The van der Waals surface area contributed by atoms with E-state index >= 15 is 0 Å². The highest BCUT2D eigenvalue weighted by atomic mass is 15.3. The molecule has 0 N–H and O–H groups in total. The van der Waals surface area contributed by atoms with E-state index in [0.29, 0.717) is 0 Å². The Bertz CT molecular complexity index is 1010. The first-order chi connectivity index (χ1) is 15.0. The number of anilines is 2. The molecule has 31 heavy (non-hydrogen) atoms. The van der Waals surface area contributed by atoms with Crippen molar-refractivity contribution >= 4 is 11.4 Å². The van der Waals surface area contributed by atoms with Gasteiger partial charge < -0.3 is 9.80 Å². The maximum atomic E-state index is 2.29. The van der Waals surface area contributed by atoms with Crippen LogP contribution < -0.4 is 18.9 Å². The molecule has 0 bridgehead atoms. The zero-order chi connectivity index (χ0) is 21.8. The Morgan fingerprint density at radius 3 is 1.10 bits per heavy atom. The van der Waals surface area contributed by atoms with Crippen LogP contribution in [-0.2, 0) is 5.66 Å². The highest BCUT2D eigenvalue weighted by Crippen LogP contribution is 2.27. The Hall–Kier alpha value is -3.66. The first-order valence-corrected chi connectivity index (χ1v) is 10.5. The molecule has 0 aliphatic carbocycles. The Balaban J connectivity index is 2.04. The molecular formula is C27H30N4+2. The topological polar surface area (TPSA) is 14.2 Å². The van der Waals surface area contributed by atoms with Crippen LogP contribution in [0.4, 0.5) is 11.4 Å². The van der Waals surface area contributed by atoms with E-state index in [4.69, 9.17) is 0 Å². The third-order valence-corrected chi connectivity index (χ3v) is 5.76. The lowest BCUT2D eigenvalue weighted by Gasteiger charge is -2.25. The van der Waals surface area contributed by atoms with Gasteiger partial charge in [-0.1, -0.05) is 36.4 Å². The minimum Gasteiger partial charge on any atom is -0.377 e. The molecule has 0 fully saturated rings. The highest BCUT2D eigenvalue weighted by Gasteiger charge is 2.53. The molecule has 2 aromatic heterocycles. The first-order valence-electron chi connectivity index (χ1n) is 10.5. The number of hydrogen-bond acceptors (Lipinski definition) is 2. The lowest BCUT2D eigenvalue weighted by atomic mass is 9.89. The van der Waals surface area contributed by atoms with E-state index in [1.54, 1.807) is 0 Å². The molecule has 0 spiro atoms. The molecule has 0 radical (unpaired) electrons. The van der Waals surface area contributed by atoms with Gasteiger partial charge in [0, 0.05) is 63.8 Å². The van der Waals surface area contributed by atoms with Gasteiger partial charge in [-0.05, 0) is 24.3 Å². The molecule has 0 saturated carbocycles. The molecule has 4 aromatic rings. The summed E-state index contributed by atoms with van der Waals surface area (Å²) >= 11 is 0. The number of rotatable bonds is 6. The molecule has 0 unspecified atom stereocenters. The average molecular weight is 411 g/mol. The summed E-state index contributed by atoms with van der Waals surface area (Å²) in [6, 6.07) is 30.0. The van der Waals surface area contributed by atoms with E-state index in [2.05, 4.69) is 157 Å². The van der Waals surface area contributed by atoms with E-state index in [0.717, 1.165) is 0 Å². The molecule has 4 heteroatoms. The lowest BCUT2D eigenvalue weighted by Crippen LogP contribution is -2.74. The summed E-state index contributed by atoms with van der Waals surface area (Å²) in [5, 5.41) is 0. The largest absolute Gasteiger partial charge is 0.414 e. The fourth-order valence-corrected chi connectivity index (χ4v) is 4.10. The Kier molecular flexibility index (Phi) is 5.72. The van der Waals surface area contributed by atoms with Crippen molar-refractivity contribution in [3.63, 3.8) is 0 Å². The molecule has 2 heterocycles. The van der Waals surface area contributed by atoms with Crippen LogP contribution in [0.25, 0.3) is 0 Å². The minimum absolute atomic E-state index is 0.571. The van der Waals surface area contributed by atoms with Crippen LogP contribution in [0.1, 0.15) is 11.1 Å². The van der Waals surface area contributed by atoms with Crippen molar-refractivity contribution in [2.24, 2.45) is 0 Å². The molecule has 4 rings (SSSR count). The van der Waals surface area contributed by atoms with E-state index in [1.165, 1.54) is 22.5 Å². The predicted octanol–water partition coefficient (Wildman–Crippen LogP) is 3.69. The van der Waals surface area contributed by atoms with Gasteiger partial charge in [0.05, 0.1) is 0 Å². The fourth-order valence-electron chi connectivity index (χ4n) is 4.10. The van der Waals surface area contributed by atoms with E-state index in [9.17, 15) is 0 Å². The predicted molar refractivity (Wildman–Crippen MR) is 126 cm³/mol. The molecule has 0 amide bonds. The van der Waals surface area contributed by atoms with Gasteiger partial charge in [-0.25, -0.2) is 0 Å². The second kappa shape index (κ2) is 8.60. The van der Waals surface area contributed by atoms with Gasteiger partial charge in [-0.2, -0.15) is 0 Å². The third kappa shape index (κ3) is 3.77. The summed E-state index contributed by atoms with van der Waals surface area (Å²) in [6.07, 6.45) is 8.68. The Morgan fingerprint density at radius 2 is 0.806 bits per heavy atom. The first kappa shape index (κ1) is 20.6. The standard InChI is InChI=1S/C27H30N4/c1-28(2)25-15-19-30(20-16-25)27(23-11-7-5-8-12-23,24-13-9-6-10-14-24)31-21-17-26(18-22-31)29(3)4/h5-22H,1-4H3/q+2. The van der Waals surface area contributed by atoms with Gasteiger partial charge in [0.15, 0.2) is 24.8 Å². The maximum Gasteiger partial charge on any atom is 0.414 e.